The molecule has 0 saturated carbocycles. The lowest BCUT2D eigenvalue weighted by Gasteiger charge is -2.29. The number of anilines is 4. The van der Waals surface area contributed by atoms with Crippen molar-refractivity contribution in [1.82, 2.24) is 0 Å². The molecule has 0 bridgehead atoms. The van der Waals surface area contributed by atoms with Crippen molar-refractivity contribution in [2.45, 2.75) is 30.7 Å². The second-order valence-electron chi connectivity index (χ2n) is 14.9. The van der Waals surface area contributed by atoms with Crippen LogP contribution in [-0.2, 0) is 35.3 Å². The van der Waals surface area contributed by atoms with Crippen LogP contribution in [0.5, 0.6) is 0 Å². The molecule has 2 unspecified atom stereocenters. The maximum Gasteiger partial charge on any atom is 0.266 e. The SMILES string of the molecule is O=C1[C@H]2ON(c3ccccc3)C(c3ccccc3Cl)[C@H]2C(=O)N1c1ccc(Cc2ccc(N3C(=O)[C@@H]4ON(c5ccccc5)C(c5ccccc5Cl)[C@@H]4C3=O)cc2)cc1. The number of hydroxylamine groups is 2. The lowest BCUT2D eigenvalue weighted by atomic mass is 9.90. The third-order valence-corrected chi connectivity index (χ3v) is 12.2. The Kier molecular flexibility index (Phi) is 9.29. The molecule has 4 aliphatic rings. The predicted molar refractivity (Wildman–Crippen MR) is 224 cm³/mol. The highest BCUT2D eigenvalue weighted by molar-refractivity contribution is 6.32. The molecule has 0 aromatic heterocycles. The molecule has 6 aromatic carbocycles. The Morgan fingerprint density at radius 1 is 0.407 bits per heavy atom. The van der Waals surface area contributed by atoms with E-state index < -0.39 is 47.9 Å². The van der Waals surface area contributed by atoms with Gasteiger partial charge in [0.1, 0.15) is 11.8 Å². The maximum atomic E-state index is 14.2. The highest BCUT2D eigenvalue weighted by Crippen LogP contribution is 2.50. The van der Waals surface area contributed by atoms with Crippen LogP contribution in [0, 0.1) is 11.8 Å². The van der Waals surface area contributed by atoms with E-state index in [1.807, 2.05) is 121 Å². The molecule has 6 aromatic rings. The highest BCUT2D eigenvalue weighted by Gasteiger charge is 2.62. The standard InChI is InChI=1S/C47H34Cl2N4O6/c48-36-17-9-7-15-34(36)40-38-42(58-52(40)32-11-3-1-4-12-32)46(56)50(44(38)54)30-23-19-28(20-24-30)27-29-21-25-31(26-22-29)51-45(55)39-41(35-16-8-10-18-37(35)49)53(59-43(39)47(51)57)33-13-5-2-6-14-33/h1-26,38-43H,27H2/t38-,39+,40?,41?,42+,43-. The van der Waals surface area contributed by atoms with Gasteiger partial charge in [-0.05, 0) is 89.3 Å². The Morgan fingerprint density at radius 2 is 0.763 bits per heavy atom. The number of hydrogen-bond donors (Lipinski definition) is 0. The fourth-order valence-corrected chi connectivity index (χ4v) is 9.25. The average Bonchev–Trinajstić information content (AvgIpc) is 3.98. The highest BCUT2D eigenvalue weighted by atomic mass is 35.5. The molecule has 59 heavy (non-hydrogen) atoms. The molecule has 10 rings (SSSR count). The molecule has 6 atom stereocenters. The van der Waals surface area contributed by atoms with Crippen LogP contribution >= 0.6 is 23.2 Å². The smallest absolute Gasteiger partial charge is 0.266 e. The molecule has 4 amide bonds. The van der Waals surface area contributed by atoms with Crippen molar-refractivity contribution in [3.63, 3.8) is 0 Å². The summed E-state index contributed by atoms with van der Waals surface area (Å²) in [7, 11) is 0. The van der Waals surface area contributed by atoms with E-state index in [1.54, 1.807) is 46.5 Å². The number of amides is 4. The van der Waals surface area contributed by atoms with Crippen LogP contribution in [0.2, 0.25) is 10.0 Å². The number of benzene rings is 6. The summed E-state index contributed by atoms with van der Waals surface area (Å²) in [6.07, 6.45) is -1.52. The summed E-state index contributed by atoms with van der Waals surface area (Å²) in [5, 5.41) is 4.21. The molecule has 4 fully saturated rings. The van der Waals surface area contributed by atoms with E-state index in [4.69, 9.17) is 32.9 Å². The van der Waals surface area contributed by atoms with E-state index in [2.05, 4.69) is 0 Å². The van der Waals surface area contributed by atoms with Gasteiger partial charge in [0.25, 0.3) is 11.8 Å². The molecule has 0 spiro atoms. The van der Waals surface area contributed by atoms with Crippen molar-refractivity contribution < 1.29 is 28.9 Å². The van der Waals surface area contributed by atoms with Gasteiger partial charge in [-0.15, -0.1) is 0 Å². The summed E-state index contributed by atoms with van der Waals surface area (Å²) in [4.78, 5) is 71.1. The molecule has 292 valence electrons. The van der Waals surface area contributed by atoms with Gasteiger partial charge in [0.05, 0.1) is 34.8 Å². The Hall–Kier alpha value is -6.30. The van der Waals surface area contributed by atoms with Crippen LogP contribution in [0.4, 0.5) is 22.7 Å². The summed E-state index contributed by atoms with van der Waals surface area (Å²) in [6.45, 7) is 0. The Labute approximate surface area is 349 Å². The average molecular weight is 822 g/mol. The van der Waals surface area contributed by atoms with Gasteiger partial charge in [-0.2, -0.15) is 0 Å². The second-order valence-corrected chi connectivity index (χ2v) is 15.7. The molecule has 0 aliphatic carbocycles. The molecule has 12 heteroatoms. The van der Waals surface area contributed by atoms with E-state index >= 15 is 0 Å². The van der Waals surface area contributed by atoms with Crippen LogP contribution in [0.3, 0.4) is 0 Å². The van der Waals surface area contributed by atoms with E-state index in [1.165, 1.54) is 9.80 Å². The first-order valence-corrected chi connectivity index (χ1v) is 20.0. The minimum absolute atomic E-state index is 0.363. The Balaban J connectivity index is 0.855. The summed E-state index contributed by atoms with van der Waals surface area (Å²) in [5.74, 6) is -3.23. The van der Waals surface area contributed by atoms with E-state index in [0.717, 1.165) is 11.1 Å². The number of rotatable bonds is 8. The van der Waals surface area contributed by atoms with Crippen LogP contribution in [0.15, 0.2) is 158 Å². The van der Waals surface area contributed by atoms with Gasteiger partial charge in [-0.1, -0.05) is 120 Å². The molecule has 4 saturated heterocycles. The zero-order valence-electron chi connectivity index (χ0n) is 31.2. The number of imide groups is 2. The number of carbonyl (C=O) groups is 4. The lowest BCUT2D eigenvalue weighted by molar-refractivity contribution is -0.127. The maximum absolute atomic E-state index is 14.2. The van der Waals surface area contributed by atoms with Gasteiger partial charge in [-0.3, -0.25) is 28.9 Å². The zero-order chi connectivity index (χ0) is 40.4. The number of halogens is 2. The van der Waals surface area contributed by atoms with Crippen LogP contribution in [0.25, 0.3) is 0 Å². The lowest BCUT2D eigenvalue weighted by Crippen LogP contribution is -2.37. The fraction of sp³-hybridized carbons (Fsp3) is 0.149. The molecule has 10 nitrogen and oxygen atoms in total. The second kappa shape index (κ2) is 14.8. The first-order chi connectivity index (χ1) is 28.8. The first kappa shape index (κ1) is 37.0. The number of hydrogen-bond acceptors (Lipinski definition) is 8. The minimum atomic E-state index is -1.02. The van der Waals surface area contributed by atoms with Crippen molar-refractivity contribution in [3.05, 3.63) is 190 Å². The molecular weight excluding hydrogens is 787 g/mol. The largest absolute Gasteiger partial charge is 0.273 e. The zero-order valence-corrected chi connectivity index (χ0v) is 32.7. The van der Waals surface area contributed by atoms with E-state index in [-0.39, 0.29) is 11.8 Å². The summed E-state index contributed by atoms with van der Waals surface area (Å²) in [5.41, 5.74) is 5.57. The normalized spacial score (nSPS) is 23.7. The number of para-hydroxylation sites is 2. The number of nitrogens with zero attached hydrogens (tertiary/aromatic N) is 4. The summed E-state index contributed by atoms with van der Waals surface area (Å²) >= 11 is 13.3. The third kappa shape index (κ3) is 6.18. The number of carbonyl (C=O) groups excluding carboxylic acids is 4. The monoisotopic (exact) mass is 820 g/mol. The van der Waals surface area contributed by atoms with Gasteiger partial charge < -0.3 is 0 Å². The van der Waals surface area contributed by atoms with Crippen molar-refractivity contribution in [2.24, 2.45) is 11.8 Å². The minimum Gasteiger partial charge on any atom is -0.273 e. The van der Waals surface area contributed by atoms with Gasteiger partial charge in [0, 0.05) is 10.0 Å². The van der Waals surface area contributed by atoms with Gasteiger partial charge >= 0.3 is 0 Å². The fourth-order valence-electron chi connectivity index (χ4n) is 8.76. The van der Waals surface area contributed by atoms with E-state index in [9.17, 15) is 19.2 Å². The molecule has 4 heterocycles. The van der Waals surface area contributed by atoms with Gasteiger partial charge in [0.15, 0.2) is 12.2 Å². The van der Waals surface area contributed by atoms with Gasteiger partial charge in [0.2, 0.25) is 11.8 Å². The number of fused-ring (bicyclic) bond motifs is 2. The quantitative estimate of drug-likeness (QED) is 0.141. The Morgan fingerprint density at radius 3 is 1.14 bits per heavy atom. The molecular formula is C47H34Cl2N4O6. The van der Waals surface area contributed by atoms with Crippen molar-refractivity contribution in [2.75, 3.05) is 19.9 Å². The van der Waals surface area contributed by atoms with Crippen molar-refractivity contribution >= 4 is 69.6 Å². The van der Waals surface area contributed by atoms with Crippen LogP contribution in [-0.4, -0.2) is 35.8 Å². The molecule has 4 aliphatic heterocycles. The van der Waals surface area contributed by atoms with Crippen molar-refractivity contribution in [3.8, 4) is 0 Å². The first-order valence-electron chi connectivity index (χ1n) is 19.2. The van der Waals surface area contributed by atoms with Crippen LogP contribution < -0.4 is 19.9 Å². The van der Waals surface area contributed by atoms with E-state index in [0.29, 0.717) is 50.3 Å². The molecule has 0 radical (unpaired) electrons. The van der Waals surface area contributed by atoms with Crippen molar-refractivity contribution in [1.29, 1.82) is 0 Å². The van der Waals surface area contributed by atoms with Crippen LogP contribution in [0.1, 0.15) is 34.3 Å². The predicted octanol–water partition coefficient (Wildman–Crippen LogP) is 8.69. The third-order valence-electron chi connectivity index (χ3n) is 11.5. The molecule has 0 N–H and O–H groups in total. The Bertz CT molecular complexity index is 2430. The summed E-state index contributed by atoms with van der Waals surface area (Å²) < 4.78 is 0. The van der Waals surface area contributed by atoms with Gasteiger partial charge in [-0.25, -0.2) is 19.9 Å². The topological polar surface area (TPSA) is 99.7 Å². The summed E-state index contributed by atoms with van der Waals surface area (Å²) in [6, 6.07) is 46.6.